The normalized spacial score (nSPS) is 12.1. The lowest BCUT2D eigenvalue weighted by Crippen LogP contribution is -2.26. The van der Waals surface area contributed by atoms with E-state index >= 15 is 0 Å². The molecule has 1 amide bonds. The number of hydrogen-bond donors (Lipinski definition) is 1. The van der Waals surface area contributed by atoms with E-state index in [0.29, 0.717) is 0 Å². The van der Waals surface area contributed by atoms with Gasteiger partial charge in [0, 0.05) is 10.2 Å². The Balaban J connectivity index is 1.85. The summed E-state index contributed by atoms with van der Waals surface area (Å²) < 4.78 is 0.996. The average molecular weight is 347 g/mol. The van der Waals surface area contributed by atoms with Gasteiger partial charge in [0.05, 0.1) is 6.21 Å². The molecule has 5 heteroatoms. The highest BCUT2D eigenvalue weighted by molar-refractivity contribution is 9.10. The summed E-state index contributed by atoms with van der Waals surface area (Å²) in [5.41, 5.74) is 1.63. The van der Waals surface area contributed by atoms with Crippen molar-refractivity contribution in [2.45, 2.75) is 13.0 Å². The van der Waals surface area contributed by atoms with Gasteiger partial charge in [0.25, 0.3) is 5.91 Å². The number of carbonyl (C=O) groups excluding carboxylic acids is 1. The molecule has 0 saturated heterocycles. The molecular weight excluding hydrogens is 332 g/mol. The molecule has 0 saturated carbocycles. The second-order valence-electron chi connectivity index (χ2n) is 4.39. The Labute approximate surface area is 131 Å². The Morgan fingerprint density at radius 1 is 1.19 bits per heavy atom. The van der Waals surface area contributed by atoms with Crippen LogP contribution in [0.4, 0.5) is 5.69 Å². The lowest BCUT2D eigenvalue weighted by atomic mass is 10.2. The minimum Gasteiger partial charge on any atom is -0.383 e. The molecule has 2 rings (SSSR count). The fraction of sp³-hybridized carbons (Fsp3) is 0.125. The van der Waals surface area contributed by atoms with Crippen molar-refractivity contribution in [2.75, 3.05) is 5.32 Å². The number of rotatable bonds is 5. The zero-order chi connectivity index (χ0) is 15.1. The maximum atomic E-state index is 11.9. The molecular formula is C16H15BrN2O2. The predicted molar refractivity (Wildman–Crippen MR) is 87.4 cm³/mol. The van der Waals surface area contributed by atoms with Crippen LogP contribution in [-0.4, -0.2) is 18.2 Å². The number of nitrogens with one attached hydrogen (secondary N) is 1. The summed E-state index contributed by atoms with van der Waals surface area (Å²) in [6.07, 6.45) is 0.899. The first-order chi connectivity index (χ1) is 10.1. The maximum Gasteiger partial charge on any atom is 0.267 e. The Hall–Kier alpha value is -2.14. The minimum atomic E-state index is -0.670. The molecule has 0 heterocycles. The van der Waals surface area contributed by atoms with Crippen LogP contribution in [0.5, 0.6) is 0 Å². The van der Waals surface area contributed by atoms with Crippen LogP contribution in [0.25, 0.3) is 0 Å². The van der Waals surface area contributed by atoms with Crippen LogP contribution in [0.3, 0.4) is 0 Å². The van der Waals surface area contributed by atoms with Crippen molar-refractivity contribution in [1.82, 2.24) is 0 Å². The first kappa shape index (κ1) is 15.3. The van der Waals surface area contributed by atoms with Crippen LogP contribution >= 0.6 is 15.9 Å². The maximum absolute atomic E-state index is 11.9. The number of oxime groups is 1. The van der Waals surface area contributed by atoms with Crippen LogP contribution in [0.2, 0.25) is 0 Å². The van der Waals surface area contributed by atoms with E-state index in [0.717, 1.165) is 15.7 Å². The fourth-order valence-corrected chi connectivity index (χ4v) is 1.81. The predicted octanol–water partition coefficient (Wildman–Crippen LogP) is 3.83. The molecule has 4 nitrogen and oxygen atoms in total. The topological polar surface area (TPSA) is 50.7 Å². The van der Waals surface area contributed by atoms with Crippen molar-refractivity contribution in [2.24, 2.45) is 5.16 Å². The van der Waals surface area contributed by atoms with Crippen LogP contribution in [0.15, 0.2) is 64.2 Å². The number of benzene rings is 2. The highest BCUT2D eigenvalue weighted by Gasteiger charge is 2.13. The van der Waals surface area contributed by atoms with E-state index in [-0.39, 0.29) is 5.91 Å². The van der Waals surface area contributed by atoms with E-state index in [9.17, 15) is 4.79 Å². The van der Waals surface area contributed by atoms with Gasteiger partial charge in [-0.3, -0.25) is 4.79 Å². The molecule has 0 bridgehead atoms. The van der Waals surface area contributed by atoms with Gasteiger partial charge < -0.3 is 10.2 Å². The lowest BCUT2D eigenvalue weighted by Gasteiger charge is -2.10. The molecule has 0 aliphatic heterocycles. The first-order valence-corrected chi connectivity index (χ1v) is 7.25. The number of para-hydroxylation sites is 1. The molecule has 0 unspecified atom stereocenters. The summed E-state index contributed by atoms with van der Waals surface area (Å²) in [4.78, 5) is 17.0. The van der Waals surface area contributed by atoms with Crippen molar-refractivity contribution >= 4 is 33.7 Å². The Bertz CT molecular complexity index is 612. The number of amides is 1. The second kappa shape index (κ2) is 7.59. The summed E-state index contributed by atoms with van der Waals surface area (Å²) >= 11 is 3.36. The SMILES string of the molecule is C[C@@H](O/N=C\c1ccc(Br)cc1)C(=O)Nc1ccccc1. The molecule has 0 aromatic heterocycles. The molecule has 2 aromatic rings. The molecule has 0 fully saturated rings. The average Bonchev–Trinajstić information content (AvgIpc) is 2.50. The molecule has 21 heavy (non-hydrogen) atoms. The van der Waals surface area contributed by atoms with E-state index in [1.165, 1.54) is 0 Å². The van der Waals surface area contributed by atoms with Gasteiger partial charge in [0.2, 0.25) is 6.10 Å². The summed E-state index contributed by atoms with van der Waals surface area (Å²) in [6.45, 7) is 1.65. The van der Waals surface area contributed by atoms with E-state index in [1.54, 1.807) is 13.1 Å². The summed E-state index contributed by atoms with van der Waals surface area (Å²) in [6, 6.07) is 16.8. The standard InChI is InChI=1S/C16H15BrN2O2/c1-12(16(20)19-15-5-3-2-4-6-15)21-18-11-13-7-9-14(17)10-8-13/h2-12H,1H3,(H,19,20)/b18-11-/t12-/m1/s1. The Morgan fingerprint density at radius 2 is 1.86 bits per heavy atom. The highest BCUT2D eigenvalue weighted by Crippen LogP contribution is 2.09. The van der Waals surface area contributed by atoms with E-state index in [4.69, 9.17) is 4.84 Å². The van der Waals surface area contributed by atoms with Gasteiger partial charge in [-0.15, -0.1) is 0 Å². The highest BCUT2D eigenvalue weighted by atomic mass is 79.9. The van der Waals surface area contributed by atoms with E-state index < -0.39 is 6.10 Å². The van der Waals surface area contributed by atoms with Gasteiger partial charge in [-0.05, 0) is 36.8 Å². The van der Waals surface area contributed by atoms with Gasteiger partial charge in [0.15, 0.2) is 0 Å². The lowest BCUT2D eigenvalue weighted by molar-refractivity contribution is -0.126. The third kappa shape index (κ3) is 5.04. The van der Waals surface area contributed by atoms with Crippen LogP contribution in [0, 0.1) is 0 Å². The zero-order valence-electron chi connectivity index (χ0n) is 11.5. The smallest absolute Gasteiger partial charge is 0.267 e. The monoisotopic (exact) mass is 346 g/mol. The molecule has 0 spiro atoms. The van der Waals surface area contributed by atoms with Gasteiger partial charge in [0.1, 0.15) is 0 Å². The van der Waals surface area contributed by atoms with Gasteiger partial charge in [-0.1, -0.05) is 51.4 Å². The second-order valence-corrected chi connectivity index (χ2v) is 5.30. The van der Waals surface area contributed by atoms with Crippen LogP contribution in [0.1, 0.15) is 12.5 Å². The third-order valence-corrected chi connectivity index (χ3v) is 3.23. The summed E-state index contributed by atoms with van der Waals surface area (Å²) in [5.74, 6) is -0.242. The van der Waals surface area contributed by atoms with Crippen molar-refractivity contribution in [3.63, 3.8) is 0 Å². The quantitative estimate of drug-likeness (QED) is 0.660. The molecule has 1 atom stereocenters. The summed E-state index contributed by atoms with van der Waals surface area (Å²) in [5, 5.41) is 6.59. The van der Waals surface area contributed by atoms with Crippen LogP contribution in [-0.2, 0) is 9.63 Å². The zero-order valence-corrected chi connectivity index (χ0v) is 13.1. The molecule has 0 aliphatic rings. The van der Waals surface area contributed by atoms with Crippen molar-refractivity contribution < 1.29 is 9.63 Å². The molecule has 0 aliphatic carbocycles. The van der Waals surface area contributed by atoms with E-state index in [1.807, 2.05) is 54.6 Å². The first-order valence-electron chi connectivity index (χ1n) is 6.46. The Kier molecular flexibility index (Phi) is 5.51. The molecule has 1 N–H and O–H groups in total. The van der Waals surface area contributed by atoms with Gasteiger partial charge in [-0.2, -0.15) is 0 Å². The van der Waals surface area contributed by atoms with Crippen molar-refractivity contribution in [3.05, 3.63) is 64.6 Å². The number of halogens is 1. The van der Waals surface area contributed by atoms with Gasteiger partial charge >= 0.3 is 0 Å². The van der Waals surface area contributed by atoms with Crippen molar-refractivity contribution in [1.29, 1.82) is 0 Å². The largest absolute Gasteiger partial charge is 0.383 e. The minimum absolute atomic E-state index is 0.242. The molecule has 108 valence electrons. The number of carbonyl (C=O) groups is 1. The summed E-state index contributed by atoms with van der Waals surface area (Å²) in [7, 11) is 0. The number of hydrogen-bond acceptors (Lipinski definition) is 3. The molecule has 0 radical (unpaired) electrons. The fourth-order valence-electron chi connectivity index (χ4n) is 1.54. The number of anilines is 1. The Morgan fingerprint density at radius 3 is 2.52 bits per heavy atom. The number of nitrogens with zero attached hydrogens (tertiary/aromatic N) is 1. The molecule has 2 aromatic carbocycles. The van der Waals surface area contributed by atoms with E-state index in [2.05, 4.69) is 26.4 Å². The van der Waals surface area contributed by atoms with Crippen LogP contribution < -0.4 is 5.32 Å². The van der Waals surface area contributed by atoms with Crippen molar-refractivity contribution in [3.8, 4) is 0 Å². The third-order valence-electron chi connectivity index (χ3n) is 2.70. The van der Waals surface area contributed by atoms with Gasteiger partial charge in [-0.25, -0.2) is 0 Å².